The Morgan fingerprint density at radius 3 is 2.63 bits per heavy atom. The molecule has 10 heteroatoms. The number of esters is 1. The van der Waals surface area contributed by atoms with Crippen molar-refractivity contribution in [2.24, 2.45) is 5.92 Å². The average molecular weight is 523 g/mol. The Labute approximate surface area is 218 Å². The molecule has 2 atom stereocenters. The first kappa shape index (κ1) is 25.6. The number of amides is 2. The number of fused-ring (bicyclic) bond motifs is 3. The summed E-state index contributed by atoms with van der Waals surface area (Å²) in [7, 11) is 0. The van der Waals surface area contributed by atoms with Gasteiger partial charge in [-0.25, -0.2) is 18.6 Å². The van der Waals surface area contributed by atoms with Crippen molar-refractivity contribution in [1.29, 1.82) is 0 Å². The lowest BCUT2D eigenvalue weighted by atomic mass is 10.00. The zero-order valence-electron chi connectivity index (χ0n) is 21.3. The third-order valence-electron chi connectivity index (χ3n) is 6.93. The summed E-state index contributed by atoms with van der Waals surface area (Å²) in [6, 6.07) is 5.35. The van der Waals surface area contributed by atoms with Gasteiger partial charge >= 0.3 is 5.97 Å². The number of carbonyl (C=O) groups excluding carboxylic acids is 3. The van der Waals surface area contributed by atoms with E-state index in [-0.39, 0.29) is 23.5 Å². The molecule has 2 aliphatic heterocycles. The van der Waals surface area contributed by atoms with E-state index in [1.165, 1.54) is 6.20 Å². The number of hydrogen-bond acceptors (Lipinski definition) is 5. The number of nitrogens with one attached hydrogen (secondary N) is 1. The number of nitrogens with zero attached hydrogens (tertiary/aromatic N) is 3. The largest absolute Gasteiger partial charge is 0.459 e. The van der Waals surface area contributed by atoms with Crippen molar-refractivity contribution in [3.8, 4) is 0 Å². The van der Waals surface area contributed by atoms with Crippen LogP contribution in [0.2, 0.25) is 0 Å². The fourth-order valence-corrected chi connectivity index (χ4v) is 5.07. The van der Waals surface area contributed by atoms with E-state index in [0.29, 0.717) is 41.3 Å². The van der Waals surface area contributed by atoms with E-state index in [1.54, 1.807) is 31.0 Å². The Morgan fingerprint density at radius 1 is 1.16 bits per heavy atom. The number of carbonyl (C=O) groups is 3. The summed E-state index contributed by atoms with van der Waals surface area (Å²) in [6.07, 6.45) is 3.37. The van der Waals surface area contributed by atoms with E-state index >= 15 is 0 Å². The molecule has 4 heterocycles. The van der Waals surface area contributed by atoms with E-state index in [2.05, 4.69) is 9.97 Å². The molecular formula is C28H28F2N4O4. The summed E-state index contributed by atoms with van der Waals surface area (Å²) in [4.78, 5) is 51.4. The van der Waals surface area contributed by atoms with Crippen molar-refractivity contribution in [1.82, 2.24) is 19.8 Å². The minimum absolute atomic E-state index is 0.0349. The Morgan fingerprint density at radius 2 is 1.95 bits per heavy atom. The molecule has 198 valence electrons. The zero-order valence-corrected chi connectivity index (χ0v) is 21.3. The molecule has 38 heavy (non-hydrogen) atoms. The van der Waals surface area contributed by atoms with Crippen LogP contribution in [-0.2, 0) is 20.7 Å². The van der Waals surface area contributed by atoms with Gasteiger partial charge in [-0.3, -0.25) is 9.59 Å². The van der Waals surface area contributed by atoms with Crippen molar-refractivity contribution < 1.29 is 27.9 Å². The maximum absolute atomic E-state index is 14.1. The molecule has 1 N–H and O–H groups in total. The van der Waals surface area contributed by atoms with Gasteiger partial charge in [0.2, 0.25) is 5.91 Å². The number of likely N-dealkylation sites (tertiary alicyclic amines) is 1. The predicted octanol–water partition coefficient (Wildman–Crippen LogP) is 4.07. The topological polar surface area (TPSA) is 95.6 Å². The van der Waals surface area contributed by atoms with Gasteiger partial charge in [0.1, 0.15) is 11.7 Å². The lowest BCUT2D eigenvalue weighted by Gasteiger charge is -2.31. The second-order valence-corrected chi connectivity index (χ2v) is 10.1. The SMILES string of the molecule is CC1CCN(C(=O)C2Cc3c([nH]c4ncccc34)C(C(=O)OC(C)C)=CN2C(=O)c2ccc(F)c(F)c2)C1. The van der Waals surface area contributed by atoms with Gasteiger partial charge in [0, 0.05) is 42.9 Å². The number of rotatable bonds is 4. The molecule has 5 rings (SSSR count). The summed E-state index contributed by atoms with van der Waals surface area (Å²) < 4.78 is 33.2. The lowest BCUT2D eigenvalue weighted by molar-refractivity contribution is -0.140. The van der Waals surface area contributed by atoms with Gasteiger partial charge in [0.15, 0.2) is 11.6 Å². The Balaban J connectivity index is 1.69. The van der Waals surface area contributed by atoms with Gasteiger partial charge in [-0.05, 0) is 62.1 Å². The maximum atomic E-state index is 14.1. The number of H-pyrrole nitrogens is 1. The molecule has 0 aliphatic carbocycles. The van der Waals surface area contributed by atoms with Crippen LogP contribution in [0.4, 0.5) is 8.78 Å². The monoisotopic (exact) mass is 522 g/mol. The van der Waals surface area contributed by atoms with Gasteiger partial charge in [0.25, 0.3) is 5.91 Å². The van der Waals surface area contributed by atoms with Gasteiger partial charge in [0.05, 0.1) is 17.4 Å². The fourth-order valence-electron chi connectivity index (χ4n) is 5.07. The fraction of sp³-hybridized carbons (Fsp3) is 0.357. The first-order valence-corrected chi connectivity index (χ1v) is 12.6. The molecule has 1 fully saturated rings. The molecule has 2 unspecified atom stereocenters. The minimum Gasteiger partial charge on any atom is -0.459 e. The lowest BCUT2D eigenvalue weighted by Crippen LogP contribution is -2.49. The number of ether oxygens (including phenoxy) is 1. The van der Waals surface area contributed by atoms with Crippen LogP contribution in [0.15, 0.2) is 42.7 Å². The number of halogens is 2. The van der Waals surface area contributed by atoms with Crippen LogP contribution in [0.25, 0.3) is 16.6 Å². The molecule has 8 nitrogen and oxygen atoms in total. The highest BCUT2D eigenvalue weighted by Gasteiger charge is 2.40. The highest BCUT2D eigenvalue weighted by molar-refractivity contribution is 6.18. The quantitative estimate of drug-likeness (QED) is 0.522. The third kappa shape index (κ3) is 4.66. The molecular weight excluding hydrogens is 494 g/mol. The standard InChI is InChI=1S/C28H28F2N4O4/c1-15(2)38-28(37)20-14-34(26(35)17-6-7-21(29)22(30)11-17)23(27(36)33-10-8-16(3)13-33)12-19-18-5-4-9-31-25(18)32-24(19)20/h4-7,9,11,14-16,23H,8,10,12-13H2,1-3H3,(H,31,32). The summed E-state index contributed by atoms with van der Waals surface area (Å²) in [5, 5.41) is 0.709. The summed E-state index contributed by atoms with van der Waals surface area (Å²) in [5.74, 6) is -3.70. The second kappa shape index (κ2) is 10.00. The smallest absolute Gasteiger partial charge is 0.342 e. The van der Waals surface area contributed by atoms with Crippen LogP contribution in [-0.4, -0.2) is 62.8 Å². The van der Waals surface area contributed by atoms with Crippen molar-refractivity contribution in [3.05, 3.63) is 71.2 Å². The summed E-state index contributed by atoms with van der Waals surface area (Å²) >= 11 is 0. The molecule has 3 aromatic rings. The molecule has 0 spiro atoms. The molecule has 0 bridgehead atoms. The molecule has 2 amide bonds. The van der Waals surface area contributed by atoms with Crippen molar-refractivity contribution >= 4 is 34.4 Å². The number of hydrogen-bond donors (Lipinski definition) is 1. The molecule has 2 aliphatic rings. The van der Waals surface area contributed by atoms with Crippen LogP contribution in [0, 0.1) is 17.6 Å². The van der Waals surface area contributed by atoms with Crippen LogP contribution < -0.4 is 0 Å². The Bertz CT molecular complexity index is 1460. The predicted molar refractivity (Wildman–Crippen MR) is 136 cm³/mol. The number of aromatic amines is 1. The highest BCUT2D eigenvalue weighted by Crippen LogP contribution is 2.34. The van der Waals surface area contributed by atoms with Crippen LogP contribution in [0.5, 0.6) is 0 Å². The van der Waals surface area contributed by atoms with Crippen molar-refractivity contribution in [2.45, 2.75) is 45.8 Å². The van der Waals surface area contributed by atoms with E-state index in [0.717, 1.165) is 29.5 Å². The van der Waals surface area contributed by atoms with Gasteiger partial charge in [-0.15, -0.1) is 0 Å². The first-order valence-electron chi connectivity index (χ1n) is 12.6. The normalized spacial score (nSPS) is 19.4. The number of pyridine rings is 1. The third-order valence-corrected chi connectivity index (χ3v) is 6.93. The molecule has 0 saturated carbocycles. The van der Waals surface area contributed by atoms with Gasteiger partial charge < -0.3 is 19.5 Å². The van der Waals surface area contributed by atoms with E-state index in [4.69, 9.17) is 4.74 Å². The second-order valence-electron chi connectivity index (χ2n) is 10.1. The van der Waals surface area contributed by atoms with E-state index in [9.17, 15) is 23.2 Å². The molecule has 1 aromatic carbocycles. The summed E-state index contributed by atoms with van der Waals surface area (Å²) in [5.41, 5.74) is 1.46. The van der Waals surface area contributed by atoms with E-state index < -0.39 is 35.7 Å². The van der Waals surface area contributed by atoms with Gasteiger partial charge in [-0.1, -0.05) is 6.92 Å². The Hall–Kier alpha value is -4.08. The highest BCUT2D eigenvalue weighted by atomic mass is 19.2. The molecule has 2 aromatic heterocycles. The van der Waals surface area contributed by atoms with Crippen LogP contribution in [0.1, 0.15) is 48.8 Å². The summed E-state index contributed by atoms with van der Waals surface area (Å²) in [6.45, 7) is 6.53. The van der Waals surface area contributed by atoms with Crippen LogP contribution >= 0.6 is 0 Å². The molecule has 1 saturated heterocycles. The Kier molecular flexibility index (Phi) is 6.73. The molecule has 0 radical (unpaired) electrons. The van der Waals surface area contributed by atoms with E-state index in [1.807, 2.05) is 13.0 Å². The average Bonchev–Trinajstić information content (AvgIpc) is 3.43. The number of aromatic nitrogens is 2. The van der Waals surface area contributed by atoms with Crippen LogP contribution in [0.3, 0.4) is 0 Å². The van der Waals surface area contributed by atoms with Gasteiger partial charge in [-0.2, -0.15) is 0 Å². The number of benzene rings is 1. The minimum atomic E-state index is -1.19. The maximum Gasteiger partial charge on any atom is 0.342 e. The zero-order chi connectivity index (χ0) is 27.1. The van der Waals surface area contributed by atoms with Crippen molar-refractivity contribution in [2.75, 3.05) is 13.1 Å². The first-order chi connectivity index (χ1) is 18.1. The van der Waals surface area contributed by atoms with Crippen molar-refractivity contribution in [3.63, 3.8) is 0 Å².